The summed E-state index contributed by atoms with van der Waals surface area (Å²) in [5.74, 6) is 0.705. The Morgan fingerprint density at radius 1 is 1.20 bits per heavy atom. The van der Waals surface area contributed by atoms with E-state index < -0.39 is 0 Å². The van der Waals surface area contributed by atoms with E-state index in [0.717, 1.165) is 11.3 Å². The van der Waals surface area contributed by atoms with E-state index in [4.69, 9.17) is 16.3 Å². The van der Waals surface area contributed by atoms with Crippen molar-refractivity contribution in [2.75, 3.05) is 14.2 Å². The quantitative estimate of drug-likeness (QED) is 0.860. The van der Waals surface area contributed by atoms with Gasteiger partial charge >= 0.3 is 0 Å². The summed E-state index contributed by atoms with van der Waals surface area (Å²) in [6.45, 7) is 0.482. The molecule has 0 aromatic heterocycles. The lowest BCUT2D eigenvalue weighted by Gasteiger charge is -2.19. The minimum Gasteiger partial charge on any atom is -0.496 e. The van der Waals surface area contributed by atoms with Crippen LogP contribution >= 0.6 is 11.6 Å². The van der Waals surface area contributed by atoms with Crippen molar-refractivity contribution in [3.8, 4) is 5.75 Å². The standard InChI is InChI=1S/C16H16ClNO2/c1-18(11-13-6-3-4-9-15(13)20-2)16(19)12-7-5-8-14(17)10-12/h3-10H,11H2,1-2H3. The molecule has 104 valence electrons. The van der Waals surface area contributed by atoms with Crippen molar-refractivity contribution in [1.29, 1.82) is 0 Å². The first-order valence-corrected chi connectivity index (χ1v) is 6.62. The predicted molar refractivity (Wildman–Crippen MR) is 80.2 cm³/mol. The third-order valence-corrected chi connectivity index (χ3v) is 3.25. The van der Waals surface area contributed by atoms with Gasteiger partial charge in [0.05, 0.1) is 7.11 Å². The van der Waals surface area contributed by atoms with Crippen molar-refractivity contribution in [2.45, 2.75) is 6.54 Å². The molecule has 2 rings (SSSR count). The highest BCUT2D eigenvalue weighted by Gasteiger charge is 2.14. The average molecular weight is 290 g/mol. The largest absolute Gasteiger partial charge is 0.496 e. The first-order valence-electron chi connectivity index (χ1n) is 6.24. The molecule has 4 heteroatoms. The minimum absolute atomic E-state index is 0.0709. The van der Waals surface area contributed by atoms with Crippen LogP contribution in [0.2, 0.25) is 5.02 Å². The van der Waals surface area contributed by atoms with E-state index >= 15 is 0 Å². The van der Waals surface area contributed by atoms with Crippen LogP contribution in [0.15, 0.2) is 48.5 Å². The van der Waals surface area contributed by atoms with Crippen molar-refractivity contribution >= 4 is 17.5 Å². The molecule has 0 aliphatic carbocycles. The van der Waals surface area contributed by atoms with Crippen LogP contribution < -0.4 is 4.74 Å². The molecule has 0 saturated carbocycles. The number of amides is 1. The van der Waals surface area contributed by atoms with Crippen molar-refractivity contribution in [2.24, 2.45) is 0 Å². The average Bonchev–Trinajstić information content (AvgIpc) is 2.47. The number of methoxy groups -OCH3 is 1. The second-order valence-electron chi connectivity index (χ2n) is 4.48. The number of carbonyl (C=O) groups excluding carboxylic acids is 1. The summed E-state index contributed by atoms with van der Waals surface area (Å²) in [6, 6.07) is 14.6. The Kier molecular flexibility index (Phi) is 4.64. The van der Waals surface area contributed by atoms with Gasteiger partial charge in [0.1, 0.15) is 5.75 Å². The summed E-state index contributed by atoms with van der Waals surface area (Å²) in [6.07, 6.45) is 0. The molecular formula is C16H16ClNO2. The van der Waals surface area contributed by atoms with E-state index in [-0.39, 0.29) is 5.91 Å². The molecule has 2 aromatic carbocycles. The zero-order valence-corrected chi connectivity index (χ0v) is 12.2. The van der Waals surface area contributed by atoms with E-state index in [9.17, 15) is 4.79 Å². The van der Waals surface area contributed by atoms with E-state index in [0.29, 0.717) is 17.1 Å². The zero-order valence-electron chi connectivity index (χ0n) is 11.5. The van der Waals surface area contributed by atoms with Gasteiger partial charge in [-0.05, 0) is 24.3 Å². The summed E-state index contributed by atoms with van der Waals surface area (Å²) >= 11 is 5.91. The van der Waals surface area contributed by atoms with Gasteiger partial charge in [0, 0.05) is 29.7 Å². The molecule has 0 aliphatic rings. The maximum Gasteiger partial charge on any atom is 0.253 e. The summed E-state index contributed by atoms with van der Waals surface area (Å²) in [7, 11) is 3.38. The maximum atomic E-state index is 12.3. The number of benzene rings is 2. The number of para-hydroxylation sites is 1. The SMILES string of the molecule is COc1ccccc1CN(C)C(=O)c1cccc(Cl)c1. The Morgan fingerprint density at radius 2 is 1.95 bits per heavy atom. The van der Waals surface area contributed by atoms with E-state index in [1.165, 1.54) is 0 Å². The van der Waals surface area contributed by atoms with Gasteiger partial charge in [0.25, 0.3) is 5.91 Å². The number of rotatable bonds is 4. The monoisotopic (exact) mass is 289 g/mol. The molecular weight excluding hydrogens is 274 g/mol. The lowest BCUT2D eigenvalue weighted by molar-refractivity contribution is 0.0784. The van der Waals surface area contributed by atoms with Crippen molar-refractivity contribution in [1.82, 2.24) is 4.90 Å². The van der Waals surface area contributed by atoms with Crippen LogP contribution in [0.4, 0.5) is 0 Å². The zero-order chi connectivity index (χ0) is 14.5. The van der Waals surface area contributed by atoms with Gasteiger partial charge in [-0.3, -0.25) is 4.79 Å². The van der Waals surface area contributed by atoms with Crippen LogP contribution in [0.5, 0.6) is 5.75 Å². The number of hydrogen-bond donors (Lipinski definition) is 0. The van der Waals surface area contributed by atoms with Gasteiger partial charge in [-0.15, -0.1) is 0 Å². The van der Waals surface area contributed by atoms with Gasteiger partial charge in [-0.25, -0.2) is 0 Å². The second-order valence-corrected chi connectivity index (χ2v) is 4.92. The molecule has 0 aliphatic heterocycles. The molecule has 0 spiro atoms. The third kappa shape index (κ3) is 3.31. The predicted octanol–water partition coefficient (Wildman–Crippen LogP) is 3.62. The number of hydrogen-bond acceptors (Lipinski definition) is 2. The summed E-state index contributed by atoms with van der Waals surface area (Å²) in [4.78, 5) is 14.0. The Bertz CT molecular complexity index is 613. The van der Waals surface area contributed by atoms with E-state index in [1.807, 2.05) is 24.3 Å². The van der Waals surface area contributed by atoms with Crippen LogP contribution in [0.25, 0.3) is 0 Å². The molecule has 0 saturated heterocycles. The Hall–Kier alpha value is -2.00. The maximum absolute atomic E-state index is 12.3. The molecule has 1 amide bonds. The summed E-state index contributed by atoms with van der Waals surface area (Å²) in [5, 5.41) is 0.557. The summed E-state index contributed by atoms with van der Waals surface area (Å²) < 4.78 is 5.29. The fourth-order valence-corrected chi connectivity index (χ4v) is 2.19. The molecule has 20 heavy (non-hydrogen) atoms. The molecule has 0 fully saturated rings. The minimum atomic E-state index is -0.0709. The molecule has 0 radical (unpaired) electrons. The van der Waals surface area contributed by atoms with Crippen LogP contribution in [0.1, 0.15) is 15.9 Å². The summed E-state index contributed by atoms with van der Waals surface area (Å²) in [5.41, 5.74) is 1.54. The molecule has 0 bridgehead atoms. The Morgan fingerprint density at radius 3 is 2.65 bits per heavy atom. The molecule has 0 atom stereocenters. The topological polar surface area (TPSA) is 29.5 Å². The van der Waals surface area contributed by atoms with E-state index in [2.05, 4.69) is 0 Å². The smallest absolute Gasteiger partial charge is 0.253 e. The highest BCUT2D eigenvalue weighted by molar-refractivity contribution is 6.30. The lowest BCUT2D eigenvalue weighted by Crippen LogP contribution is -2.26. The molecule has 0 N–H and O–H groups in total. The van der Waals surface area contributed by atoms with Crippen LogP contribution in [-0.2, 0) is 6.54 Å². The van der Waals surface area contributed by atoms with Crippen molar-refractivity contribution in [3.05, 3.63) is 64.7 Å². The highest BCUT2D eigenvalue weighted by Crippen LogP contribution is 2.20. The van der Waals surface area contributed by atoms with Crippen LogP contribution in [0.3, 0.4) is 0 Å². The second kappa shape index (κ2) is 6.44. The molecule has 3 nitrogen and oxygen atoms in total. The van der Waals surface area contributed by atoms with Gasteiger partial charge < -0.3 is 9.64 Å². The first kappa shape index (κ1) is 14.4. The fraction of sp³-hybridized carbons (Fsp3) is 0.188. The van der Waals surface area contributed by atoms with Gasteiger partial charge in [-0.1, -0.05) is 35.9 Å². The van der Waals surface area contributed by atoms with Gasteiger partial charge in [0.2, 0.25) is 0 Å². The number of carbonyl (C=O) groups is 1. The Balaban J connectivity index is 2.15. The van der Waals surface area contributed by atoms with E-state index in [1.54, 1.807) is 43.3 Å². The van der Waals surface area contributed by atoms with Gasteiger partial charge in [-0.2, -0.15) is 0 Å². The molecule has 2 aromatic rings. The molecule has 0 heterocycles. The van der Waals surface area contributed by atoms with Crippen molar-refractivity contribution in [3.63, 3.8) is 0 Å². The Labute approximate surface area is 123 Å². The lowest BCUT2D eigenvalue weighted by atomic mass is 10.1. The number of ether oxygens (including phenoxy) is 1. The number of halogens is 1. The van der Waals surface area contributed by atoms with Crippen LogP contribution in [0, 0.1) is 0 Å². The first-order chi connectivity index (χ1) is 9.61. The molecule has 0 unspecified atom stereocenters. The number of nitrogens with zero attached hydrogens (tertiary/aromatic N) is 1. The third-order valence-electron chi connectivity index (χ3n) is 3.02. The van der Waals surface area contributed by atoms with Crippen LogP contribution in [-0.4, -0.2) is 25.0 Å². The highest BCUT2D eigenvalue weighted by atomic mass is 35.5. The van der Waals surface area contributed by atoms with Crippen molar-refractivity contribution < 1.29 is 9.53 Å². The van der Waals surface area contributed by atoms with Gasteiger partial charge in [0.15, 0.2) is 0 Å². The normalized spacial score (nSPS) is 10.2. The fourth-order valence-electron chi connectivity index (χ4n) is 2.00.